The van der Waals surface area contributed by atoms with E-state index in [2.05, 4.69) is 18.9 Å². The highest BCUT2D eigenvalue weighted by Crippen LogP contribution is 2.35. The maximum absolute atomic E-state index is 11.3. The van der Waals surface area contributed by atoms with Gasteiger partial charge in [0, 0.05) is 12.6 Å². The van der Waals surface area contributed by atoms with Crippen LogP contribution < -0.4 is 4.74 Å². The van der Waals surface area contributed by atoms with E-state index in [4.69, 9.17) is 4.74 Å². The number of benzene rings is 1. The summed E-state index contributed by atoms with van der Waals surface area (Å²) in [6.45, 7) is 5.47. The molecular formula is C15H21NO3. The first-order valence-corrected chi connectivity index (χ1v) is 6.81. The Morgan fingerprint density at radius 2 is 2.21 bits per heavy atom. The number of nitrogens with zero attached hydrogens (tertiary/aromatic N) is 1. The standard InChI is InChI=1S/C15H21NO3/c1-4-13-11-9-14(19-5-2)12(15(17)18)8-10(11)6-7-16(13)3/h8-9,13H,4-7H2,1-3H3,(H,17,18). The molecule has 0 bridgehead atoms. The van der Waals surface area contributed by atoms with Crippen molar-refractivity contribution in [3.05, 3.63) is 28.8 Å². The SMILES string of the molecule is CCOc1cc2c(cc1C(=O)O)CCN(C)C2CC. The molecule has 1 aromatic carbocycles. The molecule has 0 radical (unpaired) electrons. The number of ether oxygens (including phenoxy) is 1. The Morgan fingerprint density at radius 1 is 1.47 bits per heavy atom. The molecule has 0 fully saturated rings. The number of carbonyl (C=O) groups is 1. The zero-order chi connectivity index (χ0) is 14.0. The molecule has 1 atom stereocenters. The van der Waals surface area contributed by atoms with Gasteiger partial charge in [0.2, 0.25) is 0 Å². The first-order chi connectivity index (χ1) is 9.08. The fraction of sp³-hybridized carbons (Fsp3) is 0.533. The minimum atomic E-state index is -0.918. The van der Waals surface area contributed by atoms with E-state index in [1.807, 2.05) is 13.0 Å². The largest absolute Gasteiger partial charge is 0.493 e. The van der Waals surface area contributed by atoms with Gasteiger partial charge in [0.15, 0.2) is 0 Å². The number of carboxylic acid groups (broad SMARTS) is 1. The number of hydrogen-bond acceptors (Lipinski definition) is 3. The van der Waals surface area contributed by atoms with Crippen LogP contribution in [-0.2, 0) is 6.42 Å². The van der Waals surface area contributed by atoms with Gasteiger partial charge < -0.3 is 9.84 Å². The lowest BCUT2D eigenvalue weighted by atomic mass is 9.89. The van der Waals surface area contributed by atoms with Gasteiger partial charge in [-0.3, -0.25) is 4.90 Å². The fourth-order valence-corrected chi connectivity index (χ4v) is 2.83. The highest BCUT2D eigenvalue weighted by molar-refractivity contribution is 5.91. The summed E-state index contributed by atoms with van der Waals surface area (Å²) in [6, 6.07) is 4.07. The second-order valence-corrected chi connectivity index (χ2v) is 4.94. The van der Waals surface area contributed by atoms with Crippen molar-refractivity contribution in [3.63, 3.8) is 0 Å². The van der Waals surface area contributed by atoms with Crippen LogP contribution in [0.3, 0.4) is 0 Å². The van der Waals surface area contributed by atoms with Gasteiger partial charge in [-0.05, 0) is 50.1 Å². The summed E-state index contributed by atoms with van der Waals surface area (Å²) in [5.41, 5.74) is 2.63. The summed E-state index contributed by atoms with van der Waals surface area (Å²) in [4.78, 5) is 13.6. The fourth-order valence-electron chi connectivity index (χ4n) is 2.83. The molecule has 2 rings (SSSR count). The van der Waals surface area contributed by atoms with Crippen molar-refractivity contribution in [1.29, 1.82) is 0 Å². The van der Waals surface area contributed by atoms with E-state index in [-0.39, 0.29) is 5.56 Å². The summed E-state index contributed by atoms with van der Waals surface area (Å²) >= 11 is 0. The van der Waals surface area contributed by atoms with E-state index >= 15 is 0 Å². The van der Waals surface area contributed by atoms with Crippen molar-refractivity contribution < 1.29 is 14.6 Å². The van der Waals surface area contributed by atoms with Crippen molar-refractivity contribution in [2.45, 2.75) is 32.7 Å². The maximum atomic E-state index is 11.3. The lowest BCUT2D eigenvalue weighted by Gasteiger charge is -2.34. The first-order valence-electron chi connectivity index (χ1n) is 6.81. The molecule has 0 aromatic heterocycles. The Kier molecular flexibility index (Phi) is 4.10. The molecule has 0 saturated heterocycles. The number of likely N-dealkylation sites (N-methyl/N-ethyl adjacent to an activating group) is 1. The van der Waals surface area contributed by atoms with Crippen molar-refractivity contribution >= 4 is 5.97 Å². The highest BCUT2D eigenvalue weighted by Gasteiger charge is 2.26. The number of rotatable bonds is 4. The molecule has 0 spiro atoms. The summed E-state index contributed by atoms with van der Waals surface area (Å²) in [6.07, 6.45) is 1.91. The van der Waals surface area contributed by atoms with Crippen LogP contribution >= 0.6 is 0 Å². The molecule has 1 N–H and O–H groups in total. The minimum absolute atomic E-state index is 0.278. The molecular weight excluding hydrogens is 242 g/mol. The maximum Gasteiger partial charge on any atom is 0.339 e. The van der Waals surface area contributed by atoms with E-state index in [1.54, 1.807) is 6.07 Å². The zero-order valence-electron chi connectivity index (χ0n) is 11.8. The third-order valence-electron chi connectivity index (χ3n) is 3.78. The number of fused-ring (bicyclic) bond motifs is 1. The van der Waals surface area contributed by atoms with E-state index in [1.165, 1.54) is 5.56 Å². The topological polar surface area (TPSA) is 49.8 Å². The molecule has 1 aliphatic heterocycles. The Labute approximate surface area is 114 Å². The first kappa shape index (κ1) is 13.9. The van der Waals surface area contributed by atoms with Crippen LogP contribution in [-0.4, -0.2) is 36.2 Å². The second kappa shape index (κ2) is 5.61. The van der Waals surface area contributed by atoms with E-state index in [0.29, 0.717) is 18.4 Å². The van der Waals surface area contributed by atoms with Gasteiger partial charge in [0.1, 0.15) is 11.3 Å². The third-order valence-corrected chi connectivity index (χ3v) is 3.78. The molecule has 104 valence electrons. The monoisotopic (exact) mass is 263 g/mol. The Hall–Kier alpha value is -1.55. The molecule has 1 heterocycles. The van der Waals surface area contributed by atoms with Gasteiger partial charge in [0.25, 0.3) is 0 Å². The van der Waals surface area contributed by atoms with Gasteiger partial charge in [-0.25, -0.2) is 4.79 Å². The van der Waals surface area contributed by atoms with Gasteiger partial charge in [0.05, 0.1) is 6.61 Å². The average molecular weight is 263 g/mol. The molecule has 4 nitrogen and oxygen atoms in total. The van der Waals surface area contributed by atoms with E-state index in [0.717, 1.165) is 24.9 Å². The van der Waals surface area contributed by atoms with Crippen molar-refractivity contribution in [3.8, 4) is 5.75 Å². The van der Waals surface area contributed by atoms with Crippen LogP contribution in [0.25, 0.3) is 0 Å². The van der Waals surface area contributed by atoms with Crippen molar-refractivity contribution in [2.24, 2.45) is 0 Å². The van der Waals surface area contributed by atoms with Gasteiger partial charge in [-0.2, -0.15) is 0 Å². The van der Waals surface area contributed by atoms with Crippen molar-refractivity contribution in [2.75, 3.05) is 20.2 Å². The van der Waals surface area contributed by atoms with E-state index < -0.39 is 5.97 Å². The number of hydrogen-bond donors (Lipinski definition) is 1. The molecule has 1 unspecified atom stereocenters. The Bertz CT molecular complexity index is 485. The summed E-state index contributed by atoms with van der Waals surface area (Å²) in [5.74, 6) is -0.430. The Balaban J connectivity index is 2.52. The molecule has 4 heteroatoms. The Morgan fingerprint density at radius 3 is 2.79 bits per heavy atom. The molecule has 19 heavy (non-hydrogen) atoms. The number of aromatic carboxylic acids is 1. The predicted octanol–water partition coefficient (Wildman–Crippen LogP) is 2.72. The molecule has 1 aliphatic rings. The zero-order valence-corrected chi connectivity index (χ0v) is 11.8. The highest BCUT2D eigenvalue weighted by atomic mass is 16.5. The lowest BCUT2D eigenvalue weighted by Crippen LogP contribution is -2.32. The quantitative estimate of drug-likeness (QED) is 0.907. The minimum Gasteiger partial charge on any atom is -0.493 e. The van der Waals surface area contributed by atoms with E-state index in [9.17, 15) is 9.90 Å². The predicted molar refractivity (Wildman–Crippen MR) is 73.9 cm³/mol. The van der Waals surface area contributed by atoms with Crippen LogP contribution in [0.5, 0.6) is 5.75 Å². The molecule has 0 amide bonds. The lowest BCUT2D eigenvalue weighted by molar-refractivity contribution is 0.0692. The van der Waals surface area contributed by atoms with Crippen LogP contribution in [0.1, 0.15) is 47.8 Å². The van der Waals surface area contributed by atoms with Crippen molar-refractivity contribution in [1.82, 2.24) is 4.90 Å². The van der Waals surface area contributed by atoms with Crippen LogP contribution in [0.2, 0.25) is 0 Å². The summed E-state index contributed by atoms with van der Waals surface area (Å²) in [7, 11) is 2.11. The van der Waals surface area contributed by atoms with Gasteiger partial charge in [-0.1, -0.05) is 6.92 Å². The molecule has 0 aliphatic carbocycles. The third kappa shape index (κ3) is 2.59. The molecule has 1 aromatic rings. The van der Waals surface area contributed by atoms with Crippen LogP contribution in [0.15, 0.2) is 12.1 Å². The summed E-state index contributed by atoms with van der Waals surface area (Å²) in [5, 5.41) is 9.28. The summed E-state index contributed by atoms with van der Waals surface area (Å²) < 4.78 is 5.49. The number of carboxylic acids is 1. The average Bonchev–Trinajstić information content (AvgIpc) is 2.38. The smallest absolute Gasteiger partial charge is 0.339 e. The molecule has 0 saturated carbocycles. The normalized spacial score (nSPS) is 19.0. The van der Waals surface area contributed by atoms with Crippen LogP contribution in [0.4, 0.5) is 0 Å². The van der Waals surface area contributed by atoms with Gasteiger partial charge >= 0.3 is 5.97 Å². The van der Waals surface area contributed by atoms with Gasteiger partial charge in [-0.15, -0.1) is 0 Å². The van der Waals surface area contributed by atoms with Crippen LogP contribution in [0, 0.1) is 0 Å². The second-order valence-electron chi connectivity index (χ2n) is 4.94.